The summed E-state index contributed by atoms with van der Waals surface area (Å²) in [5.41, 5.74) is 0.284. The topological polar surface area (TPSA) is 46.3 Å². The van der Waals surface area contributed by atoms with Crippen LogP contribution < -0.4 is 0 Å². The molecule has 0 spiro atoms. The molecule has 0 radical (unpaired) electrons. The van der Waals surface area contributed by atoms with Crippen LogP contribution in [0.5, 0.6) is 0 Å². The Labute approximate surface area is 74.4 Å². The Morgan fingerprint density at radius 2 is 2.46 bits per heavy atom. The largest absolute Gasteiger partial charge is 0.448 e. The second-order valence-electron chi connectivity index (χ2n) is 3.06. The van der Waals surface area contributed by atoms with Crippen molar-refractivity contribution < 1.29 is 13.6 Å². The molecule has 0 N–H and O–H groups in total. The lowest BCUT2D eigenvalue weighted by Crippen LogP contribution is -2.51. The molecule has 0 saturated carbocycles. The van der Waals surface area contributed by atoms with Gasteiger partial charge in [0.25, 0.3) is 5.91 Å². The summed E-state index contributed by atoms with van der Waals surface area (Å²) in [5.74, 6) is 0.229. The number of hydrogen-bond acceptors (Lipinski definition) is 3. The Kier molecular flexibility index (Phi) is 1.79. The first-order valence-corrected chi connectivity index (χ1v) is 4.02. The predicted molar refractivity (Wildman–Crippen MR) is 42.0 cm³/mol. The Morgan fingerprint density at radius 3 is 2.92 bits per heavy atom. The van der Waals surface area contributed by atoms with Crippen molar-refractivity contribution in [1.82, 2.24) is 9.88 Å². The lowest BCUT2D eigenvalue weighted by Gasteiger charge is -2.33. The van der Waals surface area contributed by atoms with E-state index in [0.29, 0.717) is 5.76 Å². The molecule has 70 valence electrons. The molecule has 0 aliphatic carbocycles. The van der Waals surface area contributed by atoms with Gasteiger partial charge < -0.3 is 9.32 Å². The van der Waals surface area contributed by atoms with Crippen LogP contribution in [0.3, 0.4) is 0 Å². The average molecular weight is 184 g/mol. The summed E-state index contributed by atoms with van der Waals surface area (Å²) >= 11 is 0. The minimum Gasteiger partial charge on any atom is -0.448 e. The van der Waals surface area contributed by atoms with Gasteiger partial charge in [0, 0.05) is 0 Å². The lowest BCUT2D eigenvalue weighted by atomic mass is 10.1. The van der Waals surface area contributed by atoms with Crippen LogP contribution in [0.4, 0.5) is 4.39 Å². The summed E-state index contributed by atoms with van der Waals surface area (Å²) in [5, 5.41) is 0. The van der Waals surface area contributed by atoms with Gasteiger partial charge in [-0.2, -0.15) is 0 Å². The van der Waals surface area contributed by atoms with E-state index in [4.69, 9.17) is 4.42 Å². The molecule has 0 bridgehead atoms. The van der Waals surface area contributed by atoms with Crippen LogP contribution in [0.15, 0.2) is 10.8 Å². The molecule has 4 nitrogen and oxygen atoms in total. The van der Waals surface area contributed by atoms with Crippen molar-refractivity contribution in [1.29, 1.82) is 0 Å². The maximum absolute atomic E-state index is 12.4. The molecule has 0 unspecified atom stereocenters. The highest BCUT2D eigenvalue weighted by Crippen LogP contribution is 2.16. The van der Waals surface area contributed by atoms with Crippen LogP contribution in [-0.4, -0.2) is 35.1 Å². The van der Waals surface area contributed by atoms with E-state index in [1.54, 1.807) is 6.92 Å². The molecular weight excluding hydrogens is 175 g/mol. The number of nitrogens with zero attached hydrogens (tertiary/aromatic N) is 2. The predicted octanol–water partition coefficient (Wildman–Crippen LogP) is 0.777. The number of alkyl halides is 1. The van der Waals surface area contributed by atoms with Crippen LogP contribution in [0.2, 0.25) is 0 Å². The third kappa shape index (κ3) is 1.30. The van der Waals surface area contributed by atoms with E-state index in [0.717, 1.165) is 0 Å². The standard InChI is InChI=1S/C8H9FN2O2/c1-5-7(10-4-13-5)8(12)11-2-6(9)3-11/h4,6H,2-3H2,1H3. The van der Waals surface area contributed by atoms with E-state index in [1.165, 1.54) is 11.3 Å². The third-order valence-corrected chi connectivity index (χ3v) is 2.07. The second kappa shape index (κ2) is 2.83. The van der Waals surface area contributed by atoms with Crippen LogP contribution in [0.25, 0.3) is 0 Å². The first-order chi connectivity index (χ1) is 6.18. The van der Waals surface area contributed by atoms with Crippen LogP contribution >= 0.6 is 0 Å². The van der Waals surface area contributed by atoms with Gasteiger partial charge >= 0.3 is 0 Å². The van der Waals surface area contributed by atoms with Crippen molar-refractivity contribution in [2.75, 3.05) is 13.1 Å². The molecule has 2 rings (SSSR count). The quantitative estimate of drug-likeness (QED) is 0.647. The summed E-state index contributed by atoms with van der Waals surface area (Å²) in [4.78, 5) is 16.7. The van der Waals surface area contributed by atoms with Gasteiger partial charge in [-0.25, -0.2) is 9.37 Å². The van der Waals surface area contributed by atoms with Crippen LogP contribution in [-0.2, 0) is 0 Å². The van der Waals surface area contributed by atoms with Gasteiger partial charge in [0.15, 0.2) is 12.1 Å². The average Bonchev–Trinajstić information content (AvgIpc) is 2.44. The van der Waals surface area contributed by atoms with E-state index in [-0.39, 0.29) is 24.7 Å². The summed E-state index contributed by atoms with van der Waals surface area (Å²) in [6.45, 7) is 2.00. The number of amides is 1. The van der Waals surface area contributed by atoms with E-state index in [2.05, 4.69) is 4.98 Å². The number of rotatable bonds is 1. The molecule has 1 saturated heterocycles. The molecule has 5 heteroatoms. The van der Waals surface area contributed by atoms with Crippen LogP contribution in [0, 0.1) is 6.92 Å². The highest BCUT2D eigenvalue weighted by atomic mass is 19.1. The normalized spacial score (nSPS) is 17.2. The second-order valence-corrected chi connectivity index (χ2v) is 3.06. The Bertz CT molecular complexity index is 331. The highest BCUT2D eigenvalue weighted by Gasteiger charge is 2.32. The van der Waals surface area contributed by atoms with E-state index >= 15 is 0 Å². The molecule has 1 amide bonds. The van der Waals surface area contributed by atoms with Gasteiger partial charge in [-0.15, -0.1) is 0 Å². The molecule has 1 aromatic rings. The van der Waals surface area contributed by atoms with E-state index in [1.807, 2.05) is 0 Å². The molecule has 1 aromatic heterocycles. The summed E-state index contributed by atoms with van der Waals surface area (Å²) in [6, 6.07) is 0. The summed E-state index contributed by atoms with van der Waals surface area (Å²) < 4.78 is 17.3. The number of halogens is 1. The molecule has 1 aliphatic heterocycles. The maximum Gasteiger partial charge on any atom is 0.276 e. The zero-order valence-electron chi connectivity index (χ0n) is 7.16. The van der Waals surface area contributed by atoms with Crippen molar-refractivity contribution in [3.05, 3.63) is 17.8 Å². The van der Waals surface area contributed by atoms with Crippen molar-refractivity contribution in [2.45, 2.75) is 13.1 Å². The van der Waals surface area contributed by atoms with Gasteiger partial charge in [0.2, 0.25) is 0 Å². The first-order valence-electron chi connectivity index (χ1n) is 4.02. The van der Waals surface area contributed by atoms with Crippen molar-refractivity contribution >= 4 is 5.91 Å². The fraction of sp³-hybridized carbons (Fsp3) is 0.500. The number of aromatic nitrogens is 1. The molecule has 1 aliphatic rings. The SMILES string of the molecule is Cc1ocnc1C(=O)N1CC(F)C1. The number of carbonyl (C=O) groups excluding carboxylic acids is 1. The van der Waals surface area contributed by atoms with Gasteiger partial charge in [-0.3, -0.25) is 4.79 Å². The first kappa shape index (κ1) is 8.22. The Morgan fingerprint density at radius 1 is 1.77 bits per heavy atom. The number of aryl methyl sites for hydroxylation is 1. The van der Waals surface area contributed by atoms with Gasteiger partial charge in [-0.1, -0.05) is 0 Å². The van der Waals surface area contributed by atoms with Crippen LogP contribution in [0.1, 0.15) is 16.2 Å². The third-order valence-electron chi connectivity index (χ3n) is 2.07. The van der Waals surface area contributed by atoms with Gasteiger partial charge in [0.1, 0.15) is 11.9 Å². The lowest BCUT2D eigenvalue weighted by molar-refractivity contribution is 0.0393. The number of hydrogen-bond donors (Lipinski definition) is 0. The van der Waals surface area contributed by atoms with Crippen molar-refractivity contribution in [3.8, 4) is 0 Å². The smallest absolute Gasteiger partial charge is 0.276 e. The Hall–Kier alpha value is -1.39. The minimum absolute atomic E-state index is 0.172. The molecule has 2 heterocycles. The van der Waals surface area contributed by atoms with Gasteiger partial charge in [-0.05, 0) is 6.92 Å². The molecule has 1 fully saturated rings. The Balaban J connectivity index is 2.10. The molecular formula is C8H9FN2O2. The molecule has 13 heavy (non-hydrogen) atoms. The number of oxazole rings is 1. The minimum atomic E-state index is -0.879. The zero-order chi connectivity index (χ0) is 9.42. The van der Waals surface area contributed by atoms with Crippen molar-refractivity contribution in [3.63, 3.8) is 0 Å². The number of likely N-dealkylation sites (tertiary alicyclic amines) is 1. The fourth-order valence-electron chi connectivity index (χ4n) is 1.25. The summed E-state index contributed by atoms with van der Waals surface area (Å²) in [6.07, 6.45) is 0.339. The monoisotopic (exact) mass is 184 g/mol. The summed E-state index contributed by atoms with van der Waals surface area (Å²) in [7, 11) is 0. The number of carbonyl (C=O) groups is 1. The molecule has 0 aromatic carbocycles. The highest BCUT2D eigenvalue weighted by molar-refractivity contribution is 5.93. The fourth-order valence-corrected chi connectivity index (χ4v) is 1.25. The van der Waals surface area contributed by atoms with Gasteiger partial charge in [0.05, 0.1) is 13.1 Å². The molecule has 0 atom stereocenters. The zero-order valence-corrected chi connectivity index (χ0v) is 7.16. The van der Waals surface area contributed by atoms with E-state index in [9.17, 15) is 9.18 Å². The maximum atomic E-state index is 12.4. The van der Waals surface area contributed by atoms with Crippen molar-refractivity contribution in [2.24, 2.45) is 0 Å². The van der Waals surface area contributed by atoms with E-state index < -0.39 is 6.17 Å².